The zero-order valence-corrected chi connectivity index (χ0v) is 10.4. The van der Waals surface area contributed by atoms with Gasteiger partial charge in [-0.3, -0.25) is 4.98 Å². The Morgan fingerprint density at radius 3 is 2.88 bits per heavy atom. The van der Waals surface area contributed by atoms with E-state index in [1.807, 2.05) is 19.1 Å². The Kier molecular flexibility index (Phi) is 3.14. The van der Waals surface area contributed by atoms with Crippen LogP contribution in [0.4, 0.5) is 5.13 Å². The molecule has 0 aliphatic carbocycles. The molecule has 0 fully saturated rings. The van der Waals surface area contributed by atoms with Crippen LogP contribution in [-0.2, 0) is 0 Å². The van der Waals surface area contributed by atoms with Gasteiger partial charge in [0.25, 0.3) is 0 Å². The molecule has 2 aromatic rings. The van der Waals surface area contributed by atoms with Gasteiger partial charge < -0.3 is 5.32 Å². The molecule has 2 aromatic heterocycles. The Balaban J connectivity index is 2.28. The van der Waals surface area contributed by atoms with Crippen molar-refractivity contribution in [2.24, 2.45) is 0 Å². The Labute approximate surface area is 98.9 Å². The molecule has 84 valence electrons. The van der Waals surface area contributed by atoms with E-state index in [9.17, 15) is 0 Å². The first-order valence-electron chi connectivity index (χ1n) is 5.19. The number of pyridine rings is 1. The number of aryl methyl sites for hydroxylation is 1. The number of nitrogens with one attached hydrogen (secondary N) is 1. The highest BCUT2D eigenvalue weighted by atomic mass is 32.1. The van der Waals surface area contributed by atoms with E-state index in [1.54, 1.807) is 6.20 Å². The van der Waals surface area contributed by atoms with Crippen molar-refractivity contribution >= 4 is 16.7 Å². The topological polar surface area (TPSA) is 50.7 Å². The summed E-state index contributed by atoms with van der Waals surface area (Å²) in [6.45, 7) is 6.17. The molecule has 2 heterocycles. The van der Waals surface area contributed by atoms with Crippen LogP contribution in [0.15, 0.2) is 18.3 Å². The maximum Gasteiger partial charge on any atom is 0.203 e. The van der Waals surface area contributed by atoms with Gasteiger partial charge >= 0.3 is 0 Å². The van der Waals surface area contributed by atoms with Crippen molar-refractivity contribution in [3.05, 3.63) is 23.9 Å². The molecule has 0 unspecified atom stereocenters. The minimum atomic E-state index is 0.366. The van der Waals surface area contributed by atoms with Crippen molar-refractivity contribution in [2.75, 3.05) is 5.32 Å². The highest BCUT2D eigenvalue weighted by Crippen LogP contribution is 2.22. The summed E-state index contributed by atoms with van der Waals surface area (Å²) in [5, 5.41) is 4.07. The molecule has 1 N–H and O–H groups in total. The first-order valence-corrected chi connectivity index (χ1v) is 5.96. The highest BCUT2D eigenvalue weighted by Gasteiger charge is 2.10. The number of anilines is 1. The van der Waals surface area contributed by atoms with Gasteiger partial charge in [0.15, 0.2) is 5.82 Å². The average Bonchev–Trinajstić information content (AvgIpc) is 2.66. The molecule has 0 aliphatic rings. The Morgan fingerprint density at radius 2 is 2.19 bits per heavy atom. The summed E-state index contributed by atoms with van der Waals surface area (Å²) < 4.78 is 4.31. The minimum Gasteiger partial charge on any atom is -0.358 e. The Hall–Kier alpha value is -1.49. The summed E-state index contributed by atoms with van der Waals surface area (Å²) in [5.41, 5.74) is 1.95. The van der Waals surface area contributed by atoms with Crippen LogP contribution in [0.1, 0.15) is 19.4 Å². The fourth-order valence-electron chi connectivity index (χ4n) is 1.35. The third-order valence-corrected chi connectivity index (χ3v) is 2.71. The smallest absolute Gasteiger partial charge is 0.203 e. The number of aromatic nitrogens is 3. The lowest BCUT2D eigenvalue weighted by atomic mass is 10.2. The predicted molar refractivity (Wildman–Crippen MR) is 66.6 cm³/mol. The van der Waals surface area contributed by atoms with Crippen molar-refractivity contribution in [2.45, 2.75) is 26.8 Å². The molecule has 0 amide bonds. The number of hydrogen-bond donors (Lipinski definition) is 1. The van der Waals surface area contributed by atoms with Crippen molar-refractivity contribution in [1.29, 1.82) is 0 Å². The van der Waals surface area contributed by atoms with Crippen molar-refractivity contribution in [1.82, 2.24) is 14.3 Å². The van der Waals surface area contributed by atoms with Crippen LogP contribution < -0.4 is 5.32 Å². The molecule has 16 heavy (non-hydrogen) atoms. The lowest BCUT2D eigenvalue weighted by Crippen LogP contribution is -2.09. The highest BCUT2D eigenvalue weighted by molar-refractivity contribution is 7.09. The van der Waals surface area contributed by atoms with Gasteiger partial charge in [-0.2, -0.15) is 9.36 Å². The maximum atomic E-state index is 4.42. The van der Waals surface area contributed by atoms with Crippen LogP contribution in [0, 0.1) is 6.92 Å². The maximum absolute atomic E-state index is 4.42. The van der Waals surface area contributed by atoms with E-state index in [2.05, 4.69) is 33.5 Å². The second-order valence-corrected chi connectivity index (χ2v) is 4.64. The SMILES string of the molecule is Cc1cccnc1-c1nsc(NC(C)C)n1. The zero-order valence-electron chi connectivity index (χ0n) is 9.56. The van der Waals surface area contributed by atoms with E-state index in [4.69, 9.17) is 0 Å². The second kappa shape index (κ2) is 4.57. The summed E-state index contributed by atoms with van der Waals surface area (Å²) in [6.07, 6.45) is 1.76. The van der Waals surface area contributed by atoms with Gasteiger partial charge in [0, 0.05) is 23.8 Å². The van der Waals surface area contributed by atoms with Crippen LogP contribution in [0.3, 0.4) is 0 Å². The van der Waals surface area contributed by atoms with Crippen LogP contribution >= 0.6 is 11.5 Å². The van der Waals surface area contributed by atoms with Gasteiger partial charge in [0.2, 0.25) is 5.13 Å². The number of hydrogen-bond acceptors (Lipinski definition) is 5. The van der Waals surface area contributed by atoms with E-state index in [1.165, 1.54) is 11.5 Å². The van der Waals surface area contributed by atoms with Crippen LogP contribution in [-0.4, -0.2) is 20.4 Å². The van der Waals surface area contributed by atoms with E-state index < -0.39 is 0 Å². The van der Waals surface area contributed by atoms with Crippen LogP contribution in [0.2, 0.25) is 0 Å². The Bertz CT molecular complexity index is 478. The molecule has 4 nitrogen and oxygen atoms in total. The number of nitrogens with zero attached hydrogens (tertiary/aromatic N) is 3. The average molecular weight is 234 g/mol. The Morgan fingerprint density at radius 1 is 1.38 bits per heavy atom. The van der Waals surface area contributed by atoms with Gasteiger partial charge in [0.1, 0.15) is 5.69 Å². The van der Waals surface area contributed by atoms with E-state index in [-0.39, 0.29) is 0 Å². The molecular formula is C11H14N4S. The third kappa shape index (κ3) is 2.36. The van der Waals surface area contributed by atoms with Crippen molar-refractivity contribution < 1.29 is 0 Å². The van der Waals surface area contributed by atoms with Crippen LogP contribution in [0.5, 0.6) is 0 Å². The summed E-state index contributed by atoms with van der Waals surface area (Å²) in [7, 11) is 0. The van der Waals surface area contributed by atoms with Gasteiger partial charge in [-0.1, -0.05) is 6.07 Å². The molecule has 0 bridgehead atoms. The molecule has 0 aliphatic heterocycles. The van der Waals surface area contributed by atoms with Crippen molar-refractivity contribution in [3.8, 4) is 11.5 Å². The van der Waals surface area contributed by atoms with E-state index in [0.29, 0.717) is 11.9 Å². The zero-order chi connectivity index (χ0) is 11.5. The van der Waals surface area contributed by atoms with Gasteiger partial charge in [-0.25, -0.2) is 0 Å². The van der Waals surface area contributed by atoms with Crippen molar-refractivity contribution in [3.63, 3.8) is 0 Å². The second-order valence-electron chi connectivity index (χ2n) is 3.89. The lowest BCUT2D eigenvalue weighted by molar-refractivity contribution is 0.896. The first kappa shape index (κ1) is 11.0. The fourth-order valence-corrected chi connectivity index (χ4v) is 2.06. The normalized spacial score (nSPS) is 10.8. The molecule has 0 saturated carbocycles. The molecule has 0 atom stereocenters. The lowest BCUT2D eigenvalue weighted by Gasteiger charge is -2.03. The summed E-state index contributed by atoms with van der Waals surface area (Å²) in [4.78, 5) is 8.71. The van der Waals surface area contributed by atoms with Gasteiger partial charge in [-0.05, 0) is 32.4 Å². The monoisotopic (exact) mass is 234 g/mol. The molecule has 5 heteroatoms. The molecule has 0 aromatic carbocycles. The van der Waals surface area contributed by atoms with E-state index in [0.717, 1.165) is 16.4 Å². The summed E-state index contributed by atoms with van der Waals surface area (Å²) in [5.74, 6) is 0.700. The van der Waals surface area contributed by atoms with Crippen LogP contribution in [0.25, 0.3) is 11.5 Å². The third-order valence-electron chi connectivity index (χ3n) is 2.06. The quantitative estimate of drug-likeness (QED) is 0.887. The van der Waals surface area contributed by atoms with Gasteiger partial charge in [-0.15, -0.1) is 0 Å². The minimum absolute atomic E-state index is 0.366. The molecule has 0 saturated heterocycles. The molecule has 0 spiro atoms. The first-order chi connectivity index (χ1) is 7.66. The molecule has 0 radical (unpaired) electrons. The largest absolute Gasteiger partial charge is 0.358 e. The summed E-state index contributed by atoms with van der Waals surface area (Å²) >= 11 is 1.37. The molecular weight excluding hydrogens is 220 g/mol. The standard InChI is InChI=1S/C11H14N4S/c1-7(2)13-11-14-10(15-16-11)9-8(3)5-4-6-12-9/h4-7H,1-3H3,(H,13,14,15). The summed E-state index contributed by atoms with van der Waals surface area (Å²) in [6, 6.07) is 4.29. The van der Waals surface area contributed by atoms with E-state index >= 15 is 0 Å². The fraction of sp³-hybridized carbons (Fsp3) is 0.364. The number of rotatable bonds is 3. The predicted octanol–water partition coefficient (Wildman–Crippen LogP) is 2.73. The molecule has 2 rings (SSSR count). The van der Waals surface area contributed by atoms with Gasteiger partial charge in [0.05, 0.1) is 0 Å².